The predicted octanol–water partition coefficient (Wildman–Crippen LogP) is -0.837. The van der Waals surface area contributed by atoms with Crippen molar-refractivity contribution in [1.29, 1.82) is 0 Å². The van der Waals surface area contributed by atoms with Gasteiger partial charge >= 0.3 is 5.97 Å². The van der Waals surface area contributed by atoms with E-state index >= 15 is 0 Å². The van der Waals surface area contributed by atoms with E-state index < -0.39 is 41.8 Å². The first kappa shape index (κ1) is 21.0. The molecule has 0 saturated carbocycles. The standard InChI is InChI=1S/C16H23N5O5/c1-8(17)13(22)18-9(2)14(23)19-10(3)15(24)21-12-7-5-6-11(20-12)16(25)26-4/h5-10H,17H2,1-4H3,(H,18,22)(H,19,23)(H,20,21,24)/t8-,9+,10-/m0/s1. The van der Waals surface area contributed by atoms with E-state index in [-0.39, 0.29) is 11.5 Å². The molecule has 3 atom stereocenters. The minimum absolute atomic E-state index is 0.0363. The van der Waals surface area contributed by atoms with Crippen molar-refractivity contribution < 1.29 is 23.9 Å². The molecule has 3 amide bonds. The number of carbonyl (C=O) groups excluding carboxylic acids is 4. The molecule has 0 fully saturated rings. The normalized spacial score (nSPS) is 13.7. The molecule has 0 bridgehead atoms. The highest BCUT2D eigenvalue weighted by Gasteiger charge is 2.22. The maximum atomic E-state index is 12.2. The van der Waals surface area contributed by atoms with Gasteiger partial charge in [0, 0.05) is 0 Å². The molecule has 1 aromatic heterocycles. The Morgan fingerprint density at radius 1 is 1.00 bits per heavy atom. The molecule has 0 saturated heterocycles. The SMILES string of the molecule is COC(=O)c1cccc(NC(=O)[C@H](C)NC(=O)[C@@H](C)NC(=O)[C@H](C)N)n1. The Balaban J connectivity index is 2.63. The molecule has 0 aromatic carbocycles. The van der Waals surface area contributed by atoms with Crippen molar-refractivity contribution in [3.8, 4) is 0 Å². The molecular formula is C16H23N5O5. The fourth-order valence-corrected chi connectivity index (χ4v) is 1.77. The monoisotopic (exact) mass is 365 g/mol. The summed E-state index contributed by atoms with van der Waals surface area (Å²) in [5.74, 6) is -2.07. The number of aromatic nitrogens is 1. The van der Waals surface area contributed by atoms with Crippen LogP contribution in [0.15, 0.2) is 18.2 Å². The Bertz CT molecular complexity index is 691. The van der Waals surface area contributed by atoms with Crippen molar-refractivity contribution in [2.75, 3.05) is 12.4 Å². The fourth-order valence-electron chi connectivity index (χ4n) is 1.77. The number of hydrogen-bond acceptors (Lipinski definition) is 7. The minimum Gasteiger partial charge on any atom is -0.464 e. The summed E-state index contributed by atoms with van der Waals surface area (Å²) in [6.07, 6.45) is 0. The summed E-state index contributed by atoms with van der Waals surface area (Å²) in [7, 11) is 1.22. The van der Waals surface area contributed by atoms with E-state index in [0.717, 1.165) is 0 Å². The molecular weight excluding hydrogens is 342 g/mol. The van der Waals surface area contributed by atoms with Gasteiger partial charge in [-0.15, -0.1) is 0 Å². The predicted molar refractivity (Wildman–Crippen MR) is 93.1 cm³/mol. The van der Waals surface area contributed by atoms with Gasteiger partial charge in [-0.1, -0.05) is 6.07 Å². The number of esters is 1. The van der Waals surface area contributed by atoms with Gasteiger partial charge in [-0.2, -0.15) is 0 Å². The number of ether oxygens (including phenoxy) is 1. The van der Waals surface area contributed by atoms with E-state index in [1.165, 1.54) is 46.1 Å². The molecule has 0 spiro atoms. The number of nitrogens with zero attached hydrogens (tertiary/aromatic N) is 1. The van der Waals surface area contributed by atoms with E-state index in [9.17, 15) is 19.2 Å². The lowest BCUT2D eigenvalue weighted by molar-refractivity contribution is -0.130. The molecule has 10 nitrogen and oxygen atoms in total. The summed E-state index contributed by atoms with van der Waals surface area (Å²) in [5.41, 5.74) is 5.45. The Morgan fingerprint density at radius 2 is 1.58 bits per heavy atom. The quantitative estimate of drug-likeness (QED) is 0.460. The van der Waals surface area contributed by atoms with Crippen molar-refractivity contribution >= 4 is 29.5 Å². The zero-order chi connectivity index (χ0) is 19.9. The third kappa shape index (κ3) is 6.13. The molecule has 0 unspecified atom stereocenters. The molecule has 10 heteroatoms. The Labute approximate surface area is 150 Å². The van der Waals surface area contributed by atoms with Crippen LogP contribution in [-0.4, -0.2) is 53.9 Å². The molecule has 1 heterocycles. The number of nitrogens with one attached hydrogen (secondary N) is 3. The van der Waals surface area contributed by atoms with E-state index in [2.05, 4.69) is 25.7 Å². The van der Waals surface area contributed by atoms with Crippen LogP contribution in [-0.2, 0) is 19.1 Å². The van der Waals surface area contributed by atoms with Crippen molar-refractivity contribution in [3.63, 3.8) is 0 Å². The van der Waals surface area contributed by atoms with Gasteiger partial charge in [0.2, 0.25) is 17.7 Å². The van der Waals surface area contributed by atoms with Gasteiger partial charge in [-0.3, -0.25) is 14.4 Å². The number of amides is 3. The van der Waals surface area contributed by atoms with Crippen molar-refractivity contribution in [1.82, 2.24) is 15.6 Å². The Hall–Kier alpha value is -3.01. The molecule has 1 rings (SSSR count). The van der Waals surface area contributed by atoms with E-state index in [4.69, 9.17) is 5.73 Å². The minimum atomic E-state index is -0.902. The van der Waals surface area contributed by atoms with Crippen LogP contribution >= 0.6 is 0 Å². The van der Waals surface area contributed by atoms with Gasteiger partial charge in [0.05, 0.1) is 13.2 Å². The molecule has 0 aliphatic heterocycles. The summed E-state index contributed by atoms with van der Waals surface area (Å²) in [6.45, 7) is 4.44. The lowest BCUT2D eigenvalue weighted by Gasteiger charge is -2.19. The topological polar surface area (TPSA) is 153 Å². The maximum Gasteiger partial charge on any atom is 0.356 e. The number of carbonyl (C=O) groups is 4. The highest BCUT2D eigenvalue weighted by atomic mass is 16.5. The molecule has 1 aromatic rings. The van der Waals surface area contributed by atoms with Gasteiger partial charge in [0.25, 0.3) is 0 Å². The van der Waals surface area contributed by atoms with E-state index in [1.807, 2.05) is 0 Å². The number of nitrogens with two attached hydrogens (primary N) is 1. The average molecular weight is 365 g/mol. The van der Waals surface area contributed by atoms with Crippen LogP contribution in [0, 0.1) is 0 Å². The number of hydrogen-bond donors (Lipinski definition) is 4. The summed E-state index contributed by atoms with van der Waals surface area (Å²) in [6, 6.07) is 1.95. The zero-order valence-electron chi connectivity index (χ0n) is 15.0. The van der Waals surface area contributed by atoms with Crippen LogP contribution in [0.3, 0.4) is 0 Å². The molecule has 0 radical (unpaired) electrons. The van der Waals surface area contributed by atoms with Gasteiger partial charge < -0.3 is 26.4 Å². The van der Waals surface area contributed by atoms with Crippen LogP contribution in [0.5, 0.6) is 0 Å². The largest absolute Gasteiger partial charge is 0.464 e. The van der Waals surface area contributed by atoms with E-state index in [0.29, 0.717) is 0 Å². The number of methoxy groups -OCH3 is 1. The van der Waals surface area contributed by atoms with Crippen molar-refractivity contribution in [2.24, 2.45) is 5.73 Å². The molecule has 0 aliphatic carbocycles. The Kier molecular flexibility index (Phi) is 7.66. The summed E-state index contributed by atoms with van der Waals surface area (Å²) < 4.78 is 4.56. The Morgan fingerprint density at radius 3 is 2.15 bits per heavy atom. The average Bonchev–Trinajstić information content (AvgIpc) is 2.60. The number of rotatable bonds is 7. The number of pyridine rings is 1. The smallest absolute Gasteiger partial charge is 0.356 e. The summed E-state index contributed by atoms with van der Waals surface area (Å²) in [4.78, 5) is 51.1. The van der Waals surface area contributed by atoms with Gasteiger partial charge in [-0.05, 0) is 32.9 Å². The van der Waals surface area contributed by atoms with Crippen LogP contribution in [0.25, 0.3) is 0 Å². The molecule has 26 heavy (non-hydrogen) atoms. The first-order valence-corrected chi connectivity index (χ1v) is 7.88. The fraction of sp³-hybridized carbons (Fsp3) is 0.438. The number of anilines is 1. The van der Waals surface area contributed by atoms with Gasteiger partial charge in [0.1, 0.15) is 17.9 Å². The lowest BCUT2D eigenvalue weighted by atomic mass is 10.2. The summed E-state index contributed by atoms with van der Waals surface area (Å²) >= 11 is 0. The van der Waals surface area contributed by atoms with Crippen LogP contribution in [0.2, 0.25) is 0 Å². The van der Waals surface area contributed by atoms with Gasteiger partial charge in [-0.25, -0.2) is 9.78 Å². The molecule has 142 valence electrons. The second kappa shape index (κ2) is 9.47. The van der Waals surface area contributed by atoms with Crippen molar-refractivity contribution in [2.45, 2.75) is 38.9 Å². The van der Waals surface area contributed by atoms with Crippen LogP contribution in [0.4, 0.5) is 5.82 Å². The van der Waals surface area contributed by atoms with Crippen molar-refractivity contribution in [3.05, 3.63) is 23.9 Å². The van der Waals surface area contributed by atoms with E-state index in [1.54, 1.807) is 0 Å². The third-order valence-electron chi connectivity index (χ3n) is 3.31. The second-order valence-electron chi connectivity index (χ2n) is 5.64. The highest BCUT2D eigenvalue weighted by Crippen LogP contribution is 2.06. The highest BCUT2D eigenvalue weighted by molar-refractivity contribution is 5.98. The zero-order valence-corrected chi connectivity index (χ0v) is 15.0. The maximum absolute atomic E-state index is 12.2. The second-order valence-corrected chi connectivity index (χ2v) is 5.64. The van der Waals surface area contributed by atoms with Gasteiger partial charge in [0.15, 0.2) is 5.69 Å². The van der Waals surface area contributed by atoms with Crippen LogP contribution in [0.1, 0.15) is 31.3 Å². The first-order chi connectivity index (χ1) is 12.1. The first-order valence-electron chi connectivity index (χ1n) is 7.88. The van der Waals surface area contributed by atoms with Crippen LogP contribution < -0.4 is 21.7 Å². The third-order valence-corrected chi connectivity index (χ3v) is 3.31. The molecule has 0 aliphatic rings. The summed E-state index contributed by atoms with van der Waals surface area (Å²) in [5, 5.41) is 7.38. The lowest BCUT2D eigenvalue weighted by Crippen LogP contribution is -2.52. The molecule has 5 N–H and O–H groups in total.